The minimum Gasteiger partial charge on any atom is -0.394 e. The smallest absolute Gasteiger partial charge is 0.156 e. The Morgan fingerprint density at radius 2 is 2.30 bits per heavy atom. The first kappa shape index (κ1) is 7.65. The number of aliphatic hydroxyl groups excluding tert-OH is 1. The summed E-state index contributed by atoms with van der Waals surface area (Å²) in [6.45, 7) is 1.51. The van der Waals surface area contributed by atoms with Crippen molar-refractivity contribution in [2.45, 2.75) is 25.4 Å². The molecule has 4 heteroatoms. The maximum absolute atomic E-state index is 10.2. The molecule has 0 aromatic rings. The van der Waals surface area contributed by atoms with Gasteiger partial charge in [-0.1, -0.05) is 0 Å². The van der Waals surface area contributed by atoms with Crippen LogP contribution >= 0.6 is 0 Å². The fourth-order valence-corrected chi connectivity index (χ4v) is 0.931. The second-order valence-corrected chi connectivity index (χ2v) is 2.16. The molecule has 10 heavy (non-hydrogen) atoms. The Labute approximate surface area is 58.7 Å². The third kappa shape index (κ3) is 1.34. The van der Waals surface area contributed by atoms with Crippen molar-refractivity contribution in [3.8, 4) is 0 Å². The first-order chi connectivity index (χ1) is 4.77. The summed E-state index contributed by atoms with van der Waals surface area (Å²) in [6.07, 6.45) is -0.815. The molecule has 1 aliphatic heterocycles. The van der Waals surface area contributed by atoms with Crippen LogP contribution in [-0.2, 0) is 14.3 Å². The van der Waals surface area contributed by atoms with Gasteiger partial charge in [-0.05, 0) is 6.92 Å². The molecule has 1 aliphatic rings. The maximum atomic E-state index is 10.2. The van der Waals surface area contributed by atoms with Crippen LogP contribution in [0.3, 0.4) is 0 Å². The zero-order valence-corrected chi connectivity index (χ0v) is 5.69. The molecule has 0 bridgehead atoms. The number of ether oxygens (including phenoxy) is 2. The molecule has 1 heterocycles. The number of aldehydes is 1. The number of hydrogen-bond donors (Lipinski definition) is 1. The zero-order chi connectivity index (χ0) is 7.56. The van der Waals surface area contributed by atoms with Gasteiger partial charge in [-0.2, -0.15) is 0 Å². The van der Waals surface area contributed by atoms with Crippen molar-refractivity contribution < 1.29 is 19.4 Å². The monoisotopic (exact) mass is 146 g/mol. The lowest BCUT2D eigenvalue weighted by Gasteiger charge is -2.05. The predicted octanol–water partition coefficient (Wildman–Crippen LogP) is -0.692. The average Bonchev–Trinajstić information content (AvgIpc) is 2.30. The van der Waals surface area contributed by atoms with Gasteiger partial charge in [0.25, 0.3) is 0 Å². The molecule has 58 valence electrons. The molecule has 0 aromatic carbocycles. The molecule has 0 aliphatic carbocycles. The van der Waals surface area contributed by atoms with Crippen LogP contribution < -0.4 is 0 Å². The first-order valence-electron chi connectivity index (χ1n) is 3.15. The van der Waals surface area contributed by atoms with Crippen LogP contribution in [0.5, 0.6) is 0 Å². The Morgan fingerprint density at radius 1 is 1.60 bits per heavy atom. The maximum Gasteiger partial charge on any atom is 0.156 e. The van der Waals surface area contributed by atoms with Gasteiger partial charge < -0.3 is 19.4 Å². The van der Waals surface area contributed by atoms with E-state index in [4.69, 9.17) is 14.6 Å². The second-order valence-electron chi connectivity index (χ2n) is 2.16. The van der Waals surface area contributed by atoms with E-state index in [-0.39, 0.29) is 12.9 Å². The highest BCUT2D eigenvalue weighted by Gasteiger charge is 2.32. The van der Waals surface area contributed by atoms with E-state index in [0.29, 0.717) is 6.29 Å². The SMILES string of the molecule is CC1OC(C=O)C(CO)O1. The lowest BCUT2D eigenvalue weighted by molar-refractivity contribution is -0.118. The van der Waals surface area contributed by atoms with Gasteiger partial charge in [0, 0.05) is 0 Å². The van der Waals surface area contributed by atoms with Crippen LogP contribution in [0.1, 0.15) is 6.92 Å². The predicted molar refractivity (Wildman–Crippen MR) is 32.4 cm³/mol. The third-order valence-electron chi connectivity index (χ3n) is 1.40. The standard InChI is InChI=1S/C6H10O4/c1-4-9-5(2-7)6(3-8)10-4/h2,4-6,8H,3H2,1H3. The zero-order valence-electron chi connectivity index (χ0n) is 5.69. The number of carbonyl (C=O) groups excluding carboxylic acids is 1. The summed E-state index contributed by atoms with van der Waals surface area (Å²) in [7, 11) is 0. The minimum atomic E-state index is -0.597. The lowest BCUT2D eigenvalue weighted by Crippen LogP contribution is -2.27. The number of aliphatic hydroxyl groups is 1. The van der Waals surface area contributed by atoms with Crippen LogP contribution in [0.4, 0.5) is 0 Å². The van der Waals surface area contributed by atoms with E-state index in [2.05, 4.69) is 0 Å². The Kier molecular flexibility index (Phi) is 2.37. The molecule has 0 saturated carbocycles. The molecule has 4 nitrogen and oxygen atoms in total. The molecular weight excluding hydrogens is 136 g/mol. The van der Waals surface area contributed by atoms with Crippen molar-refractivity contribution in [3.63, 3.8) is 0 Å². The lowest BCUT2D eigenvalue weighted by atomic mass is 10.2. The van der Waals surface area contributed by atoms with Gasteiger partial charge in [-0.15, -0.1) is 0 Å². The highest BCUT2D eigenvalue weighted by atomic mass is 16.7. The van der Waals surface area contributed by atoms with Crippen molar-refractivity contribution >= 4 is 6.29 Å². The quantitative estimate of drug-likeness (QED) is 0.524. The summed E-state index contributed by atoms with van der Waals surface area (Å²) in [5, 5.41) is 8.62. The molecule has 1 fully saturated rings. The van der Waals surface area contributed by atoms with Gasteiger partial charge in [-0.25, -0.2) is 0 Å². The molecule has 0 amide bonds. The molecular formula is C6H10O4. The number of hydrogen-bond acceptors (Lipinski definition) is 4. The van der Waals surface area contributed by atoms with Gasteiger partial charge in [0.15, 0.2) is 12.6 Å². The van der Waals surface area contributed by atoms with Crippen LogP contribution in [0.25, 0.3) is 0 Å². The van der Waals surface area contributed by atoms with Gasteiger partial charge in [0.1, 0.15) is 12.2 Å². The molecule has 0 radical (unpaired) electrons. The molecule has 0 spiro atoms. The number of rotatable bonds is 2. The fraction of sp³-hybridized carbons (Fsp3) is 0.833. The van der Waals surface area contributed by atoms with Gasteiger partial charge in [0.2, 0.25) is 0 Å². The van der Waals surface area contributed by atoms with Crippen molar-refractivity contribution in [3.05, 3.63) is 0 Å². The third-order valence-corrected chi connectivity index (χ3v) is 1.40. The van der Waals surface area contributed by atoms with Crippen LogP contribution in [0, 0.1) is 0 Å². The Hall–Kier alpha value is -0.450. The van der Waals surface area contributed by atoms with Crippen LogP contribution in [0.15, 0.2) is 0 Å². The summed E-state index contributed by atoms with van der Waals surface area (Å²) in [5.41, 5.74) is 0. The molecule has 1 rings (SSSR count). The topological polar surface area (TPSA) is 55.8 Å². The largest absolute Gasteiger partial charge is 0.394 e. The van der Waals surface area contributed by atoms with Crippen LogP contribution in [-0.4, -0.2) is 36.5 Å². The van der Waals surface area contributed by atoms with Crippen LogP contribution in [0.2, 0.25) is 0 Å². The van der Waals surface area contributed by atoms with Crippen molar-refractivity contribution in [1.82, 2.24) is 0 Å². The molecule has 1 N–H and O–H groups in total. The molecule has 3 atom stereocenters. The summed E-state index contributed by atoms with van der Waals surface area (Å²) >= 11 is 0. The highest BCUT2D eigenvalue weighted by molar-refractivity contribution is 5.57. The van der Waals surface area contributed by atoms with E-state index >= 15 is 0 Å². The van der Waals surface area contributed by atoms with E-state index in [1.165, 1.54) is 0 Å². The van der Waals surface area contributed by atoms with E-state index in [1.54, 1.807) is 6.92 Å². The van der Waals surface area contributed by atoms with E-state index in [1.807, 2.05) is 0 Å². The Bertz CT molecular complexity index is 125. The Balaban J connectivity index is 2.48. The normalized spacial score (nSPS) is 40.0. The molecule has 0 aromatic heterocycles. The summed E-state index contributed by atoms with van der Waals surface area (Å²) < 4.78 is 9.97. The van der Waals surface area contributed by atoms with E-state index < -0.39 is 12.2 Å². The first-order valence-corrected chi connectivity index (χ1v) is 3.15. The number of carbonyl (C=O) groups is 1. The summed E-state index contributed by atoms with van der Waals surface area (Å²) in [4.78, 5) is 10.2. The summed E-state index contributed by atoms with van der Waals surface area (Å²) in [6, 6.07) is 0. The van der Waals surface area contributed by atoms with Gasteiger partial charge in [-0.3, -0.25) is 0 Å². The van der Waals surface area contributed by atoms with E-state index in [0.717, 1.165) is 0 Å². The fourth-order valence-electron chi connectivity index (χ4n) is 0.931. The molecule has 3 unspecified atom stereocenters. The second kappa shape index (κ2) is 3.09. The highest BCUT2D eigenvalue weighted by Crippen LogP contribution is 2.16. The minimum absolute atomic E-state index is 0.173. The Morgan fingerprint density at radius 3 is 2.70 bits per heavy atom. The molecule has 1 saturated heterocycles. The van der Waals surface area contributed by atoms with Crippen molar-refractivity contribution in [2.24, 2.45) is 0 Å². The van der Waals surface area contributed by atoms with Crippen molar-refractivity contribution in [1.29, 1.82) is 0 Å². The van der Waals surface area contributed by atoms with E-state index in [9.17, 15) is 4.79 Å². The van der Waals surface area contributed by atoms with Crippen molar-refractivity contribution in [2.75, 3.05) is 6.61 Å². The van der Waals surface area contributed by atoms with Gasteiger partial charge >= 0.3 is 0 Å². The summed E-state index contributed by atoms with van der Waals surface area (Å²) in [5.74, 6) is 0. The average molecular weight is 146 g/mol. The van der Waals surface area contributed by atoms with Gasteiger partial charge in [0.05, 0.1) is 6.61 Å².